The SMILES string of the molecule is Clc1ccc(NCc2cccc3cc[nH]c23)cn1. The van der Waals surface area contributed by atoms with Gasteiger partial charge in [-0.15, -0.1) is 0 Å². The number of nitrogens with one attached hydrogen (secondary N) is 2. The number of hydrogen-bond donors (Lipinski definition) is 2. The zero-order valence-electron chi connectivity index (χ0n) is 9.65. The van der Waals surface area contributed by atoms with Gasteiger partial charge in [-0.3, -0.25) is 0 Å². The highest BCUT2D eigenvalue weighted by atomic mass is 35.5. The molecule has 0 aliphatic carbocycles. The summed E-state index contributed by atoms with van der Waals surface area (Å²) in [5.74, 6) is 0. The van der Waals surface area contributed by atoms with Gasteiger partial charge in [0.1, 0.15) is 5.15 Å². The highest BCUT2D eigenvalue weighted by Crippen LogP contribution is 2.18. The molecule has 18 heavy (non-hydrogen) atoms. The standard InChI is InChI=1S/C14H12ClN3/c15-13-5-4-12(9-18-13)17-8-11-3-1-2-10-6-7-16-14(10)11/h1-7,9,16-17H,8H2. The fraction of sp³-hybridized carbons (Fsp3) is 0.0714. The molecule has 0 atom stereocenters. The minimum Gasteiger partial charge on any atom is -0.380 e. The molecule has 0 saturated heterocycles. The van der Waals surface area contributed by atoms with Crippen molar-refractivity contribution < 1.29 is 0 Å². The van der Waals surface area contributed by atoms with Gasteiger partial charge in [0.2, 0.25) is 0 Å². The normalized spacial score (nSPS) is 10.7. The zero-order valence-corrected chi connectivity index (χ0v) is 10.4. The third kappa shape index (κ3) is 2.17. The molecule has 3 nitrogen and oxygen atoms in total. The predicted molar refractivity (Wildman–Crippen MR) is 74.9 cm³/mol. The van der Waals surface area contributed by atoms with Crippen LogP contribution in [0.4, 0.5) is 5.69 Å². The van der Waals surface area contributed by atoms with Crippen LogP contribution < -0.4 is 5.32 Å². The van der Waals surface area contributed by atoms with Crippen molar-refractivity contribution in [3.8, 4) is 0 Å². The monoisotopic (exact) mass is 257 g/mol. The van der Waals surface area contributed by atoms with Crippen LogP contribution in [-0.4, -0.2) is 9.97 Å². The van der Waals surface area contributed by atoms with Crippen molar-refractivity contribution in [1.82, 2.24) is 9.97 Å². The Kier molecular flexibility index (Phi) is 2.90. The Morgan fingerprint density at radius 2 is 2.11 bits per heavy atom. The summed E-state index contributed by atoms with van der Waals surface area (Å²) in [5, 5.41) is 5.06. The number of halogens is 1. The van der Waals surface area contributed by atoms with E-state index in [1.165, 1.54) is 16.5 Å². The van der Waals surface area contributed by atoms with Crippen LogP contribution in [0.1, 0.15) is 5.56 Å². The van der Waals surface area contributed by atoms with Crippen LogP contribution in [0.25, 0.3) is 10.9 Å². The van der Waals surface area contributed by atoms with Gasteiger partial charge in [-0.25, -0.2) is 4.98 Å². The number of anilines is 1. The molecule has 2 heterocycles. The summed E-state index contributed by atoms with van der Waals surface area (Å²) in [6.45, 7) is 0.751. The van der Waals surface area contributed by atoms with E-state index in [0.29, 0.717) is 5.15 Å². The Morgan fingerprint density at radius 1 is 1.17 bits per heavy atom. The van der Waals surface area contributed by atoms with Gasteiger partial charge >= 0.3 is 0 Å². The van der Waals surface area contributed by atoms with E-state index in [2.05, 4.69) is 39.6 Å². The Labute approximate surface area is 110 Å². The summed E-state index contributed by atoms with van der Waals surface area (Å²) in [6, 6.07) is 12.0. The molecule has 3 aromatic rings. The van der Waals surface area contributed by atoms with E-state index in [0.717, 1.165) is 12.2 Å². The number of H-pyrrole nitrogens is 1. The van der Waals surface area contributed by atoms with Crippen LogP contribution in [0.15, 0.2) is 48.8 Å². The second-order valence-electron chi connectivity index (χ2n) is 4.08. The van der Waals surface area contributed by atoms with Gasteiger partial charge in [0, 0.05) is 12.7 Å². The zero-order chi connectivity index (χ0) is 12.4. The molecule has 90 valence electrons. The first kappa shape index (κ1) is 11.1. The van der Waals surface area contributed by atoms with Gasteiger partial charge in [0.25, 0.3) is 0 Å². The molecular formula is C14H12ClN3. The molecule has 0 aliphatic rings. The smallest absolute Gasteiger partial charge is 0.129 e. The first-order valence-corrected chi connectivity index (χ1v) is 6.11. The predicted octanol–water partition coefficient (Wildman–Crippen LogP) is 3.83. The van der Waals surface area contributed by atoms with Gasteiger partial charge in [0.05, 0.1) is 17.4 Å². The second kappa shape index (κ2) is 4.70. The number of rotatable bonds is 3. The molecule has 1 aromatic carbocycles. The van der Waals surface area contributed by atoms with E-state index < -0.39 is 0 Å². The first-order chi connectivity index (χ1) is 8.83. The number of aromatic amines is 1. The molecular weight excluding hydrogens is 246 g/mol. The van der Waals surface area contributed by atoms with Crippen LogP contribution in [0.3, 0.4) is 0 Å². The quantitative estimate of drug-likeness (QED) is 0.700. The molecule has 0 bridgehead atoms. The van der Waals surface area contributed by atoms with Crippen LogP contribution in [0.2, 0.25) is 5.15 Å². The fourth-order valence-electron chi connectivity index (χ4n) is 1.97. The molecule has 4 heteroatoms. The fourth-order valence-corrected chi connectivity index (χ4v) is 2.09. The van der Waals surface area contributed by atoms with E-state index in [1.54, 1.807) is 12.3 Å². The van der Waals surface area contributed by atoms with E-state index in [1.807, 2.05) is 12.3 Å². The molecule has 3 rings (SSSR count). The molecule has 0 spiro atoms. The summed E-state index contributed by atoms with van der Waals surface area (Å²) in [4.78, 5) is 7.30. The highest BCUT2D eigenvalue weighted by molar-refractivity contribution is 6.29. The van der Waals surface area contributed by atoms with Gasteiger partial charge in [-0.2, -0.15) is 0 Å². The van der Waals surface area contributed by atoms with Crippen molar-refractivity contribution >= 4 is 28.2 Å². The maximum atomic E-state index is 5.75. The highest BCUT2D eigenvalue weighted by Gasteiger charge is 2.01. The van der Waals surface area contributed by atoms with E-state index in [9.17, 15) is 0 Å². The van der Waals surface area contributed by atoms with Crippen molar-refractivity contribution in [2.24, 2.45) is 0 Å². The third-order valence-electron chi connectivity index (χ3n) is 2.88. The summed E-state index contributed by atoms with van der Waals surface area (Å²) < 4.78 is 0. The molecule has 0 unspecified atom stereocenters. The molecule has 0 fully saturated rings. The van der Waals surface area contributed by atoms with Crippen LogP contribution in [0.5, 0.6) is 0 Å². The number of pyridine rings is 1. The number of nitrogens with zero attached hydrogens (tertiary/aromatic N) is 1. The van der Waals surface area contributed by atoms with E-state index >= 15 is 0 Å². The third-order valence-corrected chi connectivity index (χ3v) is 3.11. The summed E-state index contributed by atoms with van der Waals surface area (Å²) in [6.07, 6.45) is 3.69. The maximum Gasteiger partial charge on any atom is 0.129 e. The number of para-hydroxylation sites is 1. The Balaban J connectivity index is 1.80. The average Bonchev–Trinajstić information content (AvgIpc) is 2.87. The van der Waals surface area contributed by atoms with Crippen molar-refractivity contribution in [1.29, 1.82) is 0 Å². The lowest BCUT2D eigenvalue weighted by atomic mass is 10.1. The molecule has 0 saturated carbocycles. The summed E-state index contributed by atoms with van der Waals surface area (Å²) >= 11 is 5.75. The molecule has 2 N–H and O–H groups in total. The molecule has 2 aromatic heterocycles. The average molecular weight is 258 g/mol. The van der Waals surface area contributed by atoms with Gasteiger partial charge in [0.15, 0.2) is 0 Å². The minimum atomic E-state index is 0.506. The summed E-state index contributed by atoms with van der Waals surface area (Å²) in [7, 11) is 0. The van der Waals surface area contributed by atoms with E-state index in [4.69, 9.17) is 11.6 Å². The van der Waals surface area contributed by atoms with Crippen molar-refractivity contribution in [3.63, 3.8) is 0 Å². The first-order valence-electron chi connectivity index (χ1n) is 5.73. The van der Waals surface area contributed by atoms with Crippen LogP contribution in [0, 0.1) is 0 Å². The topological polar surface area (TPSA) is 40.7 Å². The maximum absolute atomic E-state index is 5.75. The number of fused-ring (bicyclic) bond motifs is 1. The van der Waals surface area contributed by atoms with E-state index in [-0.39, 0.29) is 0 Å². The van der Waals surface area contributed by atoms with Crippen molar-refractivity contribution in [3.05, 3.63) is 59.5 Å². The molecule has 0 amide bonds. The lowest BCUT2D eigenvalue weighted by Gasteiger charge is -2.07. The Hall–Kier alpha value is -2.00. The van der Waals surface area contributed by atoms with Crippen LogP contribution in [-0.2, 0) is 6.54 Å². The van der Waals surface area contributed by atoms with Gasteiger partial charge < -0.3 is 10.3 Å². The molecule has 0 aliphatic heterocycles. The van der Waals surface area contributed by atoms with Crippen LogP contribution >= 0.6 is 11.6 Å². The van der Waals surface area contributed by atoms with Gasteiger partial charge in [-0.05, 0) is 29.1 Å². The summed E-state index contributed by atoms with van der Waals surface area (Å²) in [5.41, 5.74) is 3.36. The lowest BCUT2D eigenvalue weighted by molar-refractivity contribution is 1.14. The Morgan fingerprint density at radius 3 is 2.94 bits per heavy atom. The number of benzene rings is 1. The van der Waals surface area contributed by atoms with Gasteiger partial charge in [-0.1, -0.05) is 29.8 Å². The number of hydrogen-bond acceptors (Lipinski definition) is 2. The molecule has 0 radical (unpaired) electrons. The second-order valence-corrected chi connectivity index (χ2v) is 4.47. The Bertz CT molecular complexity index is 658. The van der Waals surface area contributed by atoms with Crippen molar-refractivity contribution in [2.45, 2.75) is 6.54 Å². The minimum absolute atomic E-state index is 0.506. The number of aromatic nitrogens is 2. The van der Waals surface area contributed by atoms with Crippen molar-refractivity contribution in [2.75, 3.05) is 5.32 Å². The largest absolute Gasteiger partial charge is 0.380 e. The lowest BCUT2D eigenvalue weighted by Crippen LogP contribution is -2.00.